The molecule has 0 unspecified atom stereocenters. The van der Waals surface area contributed by atoms with Crippen molar-refractivity contribution in [1.82, 2.24) is 10.2 Å². The third kappa shape index (κ3) is 4.84. The Morgan fingerprint density at radius 1 is 1.46 bits per heavy atom. The van der Waals surface area contributed by atoms with Gasteiger partial charge in [-0.2, -0.15) is 0 Å². The van der Waals surface area contributed by atoms with Crippen LogP contribution in [0.1, 0.15) is 25.3 Å². The Labute approximate surface area is 146 Å². The zero-order valence-electron chi connectivity index (χ0n) is 14.0. The van der Waals surface area contributed by atoms with Crippen molar-refractivity contribution in [3.8, 4) is 0 Å². The van der Waals surface area contributed by atoms with Gasteiger partial charge in [0.05, 0.1) is 24.6 Å². The third-order valence-electron chi connectivity index (χ3n) is 4.06. The predicted molar refractivity (Wildman–Crippen MR) is 92.5 cm³/mol. The molecule has 0 saturated carbocycles. The first kappa shape index (κ1) is 18.5. The molecule has 1 aliphatic heterocycles. The lowest BCUT2D eigenvalue weighted by molar-refractivity contribution is -0.146. The number of esters is 1. The van der Waals surface area contributed by atoms with Crippen molar-refractivity contribution >= 4 is 23.5 Å². The maximum Gasteiger partial charge on any atom is 0.308 e. The molecule has 0 amide bonds. The molecule has 0 aliphatic carbocycles. The number of carbonyl (C=O) groups is 1. The summed E-state index contributed by atoms with van der Waals surface area (Å²) in [6.45, 7) is 4.66. The van der Waals surface area contributed by atoms with Gasteiger partial charge in [0.25, 0.3) is 0 Å². The Morgan fingerprint density at radius 3 is 2.75 bits per heavy atom. The number of methoxy groups -OCH3 is 1. The number of rotatable bonds is 4. The SMILES string of the molecule is CCNC(=NCc1ccc(F)c(Cl)c1)N1CCC(C(=O)OC)CC1. The number of nitrogens with one attached hydrogen (secondary N) is 1. The maximum atomic E-state index is 13.2. The van der Waals surface area contributed by atoms with Crippen LogP contribution in [0, 0.1) is 11.7 Å². The van der Waals surface area contributed by atoms with E-state index >= 15 is 0 Å². The summed E-state index contributed by atoms with van der Waals surface area (Å²) < 4.78 is 18.0. The van der Waals surface area contributed by atoms with Crippen LogP contribution in [-0.2, 0) is 16.1 Å². The average Bonchev–Trinajstić information content (AvgIpc) is 2.61. The van der Waals surface area contributed by atoms with E-state index in [1.165, 1.54) is 13.2 Å². The Balaban J connectivity index is 2.01. The normalized spacial score (nSPS) is 16.2. The molecule has 2 rings (SSSR count). The largest absolute Gasteiger partial charge is 0.469 e. The molecule has 1 aromatic rings. The molecule has 1 N–H and O–H groups in total. The molecule has 1 fully saturated rings. The van der Waals surface area contributed by atoms with E-state index in [1.807, 2.05) is 6.92 Å². The van der Waals surface area contributed by atoms with E-state index < -0.39 is 5.82 Å². The number of hydrogen-bond donors (Lipinski definition) is 1. The minimum Gasteiger partial charge on any atom is -0.469 e. The molecule has 1 aromatic carbocycles. The van der Waals surface area contributed by atoms with Crippen LogP contribution in [0.25, 0.3) is 0 Å². The second-order valence-electron chi connectivity index (χ2n) is 5.70. The summed E-state index contributed by atoms with van der Waals surface area (Å²) in [7, 11) is 1.42. The summed E-state index contributed by atoms with van der Waals surface area (Å²) in [5, 5.41) is 3.36. The summed E-state index contributed by atoms with van der Waals surface area (Å²) in [4.78, 5) is 18.3. The highest BCUT2D eigenvalue weighted by Crippen LogP contribution is 2.19. The zero-order chi connectivity index (χ0) is 17.5. The number of piperidine rings is 1. The van der Waals surface area contributed by atoms with Gasteiger partial charge in [-0.15, -0.1) is 0 Å². The molecular weight excluding hydrogens is 333 g/mol. The topological polar surface area (TPSA) is 53.9 Å². The van der Waals surface area contributed by atoms with Gasteiger partial charge in [0, 0.05) is 19.6 Å². The molecule has 24 heavy (non-hydrogen) atoms. The first-order chi connectivity index (χ1) is 11.5. The summed E-state index contributed by atoms with van der Waals surface area (Å²) in [6.07, 6.45) is 1.50. The summed E-state index contributed by atoms with van der Waals surface area (Å²) in [6, 6.07) is 4.62. The molecule has 7 heteroatoms. The maximum absolute atomic E-state index is 13.2. The molecule has 1 heterocycles. The summed E-state index contributed by atoms with van der Waals surface area (Å²) >= 11 is 5.81. The lowest BCUT2D eigenvalue weighted by atomic mass is 9.97. The van der Waals surface area contributed by atoms with Crippen LogP contribution in [0.5, 0.6) is 0 Å². The number of aliphatic imine (C=N–C) groups is 1. The molecule has 0 spiro atoms. The minimum atomic E-state index is -0.429. The second kappa shape index (κ2) is 8.87. The second-order valence-corrected chi connectivity index (χ2v) is 6.11. The van der Waals surface area contributed by atoms with Crippen molar-refractivity contribution in [3.05, 3.63) is 34.6 Å². The first-order valence-corrected chi connectivity index (χ1v) is 8.48. The zero-order valence-corrected chi connectivity index (χ0v) is 14.8. The van der Waals surface area contributed by atoms with Gasteiger partial charge in [-0.3, -0.25) is 4.79 Å². The number of carbonyl (C=O) groups excluding carboxylic acids is 1. The Bertz CT molecular complexity index is 601. The van der Waals surface area contributed by atoms with Crippen molar-refractivity contribution in [2.75, 3.05) is 26.7 Å². The van der Waals surface area contributed by atoms with Gasteiger partial charge < -0.3 is 15.0 Å². The average molecular weight is 356 g/mol. The van der Waals surface area contributed by atoms with E-state index in [4.69, 9.17) is 16.3 Å². The molecule has 0 bridgehead atoms. The van der Waals surface area contributed by atoms with Crippen LogP contribution in [0.4, 0.5) is 4.39 Å². The van der Waals surface area contributed by atoms with Gasteiger partial charge in [0.15, 0.2) is 5.96 Å². The van der Waals surface area contributed by atoms with Crippen LogP contribution < -0.4 is 5.32 Å². The number of halogens is 2. The van der Waals surface area contributed by atoms with Crippen LogP contribution in [0.3, 0.4) is 0 Å². The molecule has 5 nitrogen and oxygen atoms in total. The summed E-state index contributed by atoms with van der Waals surface area (Å²) in [5.74, 6) is 0.185. The molecular formula is C17H23ClFN3O2. The van der Waals surface area contributed by atoms with Gasteiger partial charge in [-0.1, -0.05) is 17.7 Å². The van der Waals surface area contributed by atoms with Gasteiger partial charge in [-0.05, 0) is 37.5 Å². The lowest BCUT2D eigenvalue weighted by Crippen LogP contribution is -2.46. The number of nitrogens with zero attached hydrogens (tertiary/aromatic N) is 2. The van der Waals surface area contributed by atoms with E-state index in [-0.39, 0.29) is 16.9 Å². The van der Waals surface area contributed by atoms with Crippen LogP contribution in [0.2, 0.25) is 5.02 Å². The van der Waals surface area contributed by atoms with Crippen LogP contribution >= 0.6 is 11.6 Å². The van der Waals surface area contributed by atoms with Gasteiger partial charge in [0.2, 0.25) is 0 Å². The molecule has 0 aromatic heterocycles. The number of benzene rings is 1. The number of hydrogen-bond acceptors (Lipinski definition) is 3. The fourth-order valence-corrected chi connectivity index (χ4v) is 2.93. The number of ether oxygens (including phenoxy) is 1. The summed E-state index contributed by atoms with van der Waals surface area (Å²) in [5.41, 5.74) is 0.848. The highest BCUT2D eigenvalue weighted by atomic mass is 35.5. The van der Waals surface area contributed by atoms with Crippen molar-refractivity contribution in [2.24, 2.45) is 10.9 Å². The fraction of sp³-hybridized carbons (Fsp3) is 0.529. The van der Waals surface area contributed by atoms with E-state index in [0.717, 1.165) is 44.0 Å². The molecule has 0 radical (unpaired) electrons. The fourth-order valence-electron chi connectivity index (χ4n) is 2.72. The standard InChI is InChI=1S/C17H23ClFN3O2/c1-3-20-17(21-11-12-4-5-15(19)14(18)10-12)22-8-6-13(7-9-22)16(23)24-2/h4-5,10,13H,3,6-9,11H2,1-2H3,(H,20,21). The van der Waals surface area contributed by atoms with Crippen LogP contribution in [0.15, 0.2) is 23.2 Å². The quantitative estimate of drug-likeness (QED) is 0.512. The first-order valence-electron chi connectivity index (χ1n) is 8.10. The smallest absolute Gasteiger partial charge is 0.308 e. The van der Waals surface area contributed by atoms with Gasteiger partial charge in [-0.25, -0.2) is 9.38 Å². The van der Waals surface area contributed by atoms with Crippen molar-refractivity contribution < 1.29 is 13.9 Å². The monoisotopic (exact) mass is 355 g/mol. The highest BCUT2D eigenvalue weighted by molar-refractivity contribution is 6.30. The molecule has 132 valence electrons. The molecule has 1 saturated heterocycles. The number of guanidine groups is 1. The van der Waals surface area contributed by atoms with Crippen molar-refractivity contribution in [3.63, 3.8) is 0 Å². The minimum absolute atomic E-state index is 0.0370. The van der Waals surface area contributed by atoms with Crippen LogP contribution in [-0.4, -0.2) is 43.6 Å². The molecule has 0 atom stereocenters. The van der Waals surface area contributed by atoms with E-state index in [9.17, 15) is 9.18 Å². The third-order valence-corrected chi connectivity index (χ3v) is 4.35. The van der Waals surface area contributed by atoms with Crippen molar-refractivity contribution in [2.45, 2.75) is 26.3 Å². The molecule has 1 aliphatic rings. The Kier molecular flexibility index (Phi) is 6.85. The Morgan fingerprint density at radius 2 is 2.17 bits per heavy atom. The van der Waals surface area contributed by atoms with E-state index in [0.29, 0.717) is 6.54 Å². The van der Waals surface area contributed by atoms with Gasteiger partial charge in [0.1, 0.15) is 5.82 Å². The predicted octanol–water partition coefficient (Wildman–Crippen LogP) is 2.83. The lowest BCUT2D eigenvalue weighted by Gasteiger charge is -2.33. The van der Waals surface area contributed by atoms with E-state index in [2.05, 4.69) is 15.2 Å². The van der Waals surface area contributed by atoms with E-state index in [1.54, 1.807) is 12.1 Å². The highest BCUT2D eigenvalue weighted by Gasteiger charge is 2.26. The van der Waals surface area contributed by atoms with Gasteiger partial charge >= 0.3 is 5.97 Å². The Hall–Kier alpha value is -1.82. The van der Waals surface area contributed by atoms with Crippen molar-refractivity contribution in [1.29, 1.82) is 0 Å². The number of likely N-dealkylation sites (tertiary alicyclic amines) is 1.